The summed E-state index contributed by atoms with van der Waals surface area (Å²) in [5, 5.41) is 9.62. The number of anilines is 1. The van der Waals surface area contributed by atoms with E-state index in [9.17, 15) is 18.0 Å². The van der Waals surface area contributed by atoms with Crippen LogP contribution in [-0.4, -0.2) is 46.4 Å². The van der Waals surface area contributed by atoms with Crippen LogP contribution in [0.1, 0.15) is 29.6 Å². The predicted octanol–water partition coefficient (Wildman–Crippen LogP) is 5.24. The standard InChI is InChI=1S/C28H30Cl2N4O5S.ClH/c29-21-7-10-25(23(30)17-21)39-26-4-2-1-3-24(26)34-40(37,38)22-8-5-20(6-9-22)28(36)32-16-13-27(35)33-18-19-11-14-31-15-12-19;/h1-10,17,19,31,34H,11-16,18H2,(H,32,36)(H,33,35);1H. The first-order valence-electron chi connectivity index (χ1n) is 12.8. The second-order valence-electron chi connectivity index (χ2n) is 9.31. The van der Waals surface area contributed by atoms with Crippen LogP contribution < -0.4 is 25.4 Å². The van der Waals surface area contributed by atoms with Crippen molar-refractivity contribution in [3.05, 3.63) is 82.3 Å². The van der Waals surface area contributed by atoms with Crippen LogP contribution in [0.4, 0.5) is 5.69 Å². The largest absolute Gasteiger partial charge is 0.454 e. The van der Waals surface area contributed by atoms with E-state index in [0.29, 0.717) is 23.2 Å². The zero-order valence-electron chi connectivity index (χ0n) is 22.0. The van der Waals surface area contributed by atoms with Gasteiger partial charge in [-0.3, -0.25) is 14.3 Å². The number of ether oxygens (including phenoxy) is 1. The molecule has 41 heavy (non-hydrogen) atoms. The van der Waals surface area contributed by atoms with Crippen molar-refractivity contribution in [2.24, 2.45) is 5.92 Å². The number of nitrogens with one attached hydrogen (secondary N) is 4. The molecule has 0 bridgehead atoms. The minimum atomic E-state index is -4.00. The summed E-state index contributed by atoms with van der Waals surface area (Å²) >= 11 is 12.1. The Hall–Kier alpha value is -3.02. The van der Waals surface area contributed by atoms with Crippen LogP contribution in [0.25, 0.3) is 0 Å². The molecule has 0 aliphatic carbocycles. The van der Waals surface area contributed by atoms with Gasteiger partial charge in [-0.15, -0.1) is 12.4 Å². The maximum absolute atomic E-state index is 13.1. The van der Waals surface area contributed by atoms with E-state index >= 15 is 0 Å². The van der Waals surface area contributed by atoms with Crippen LogP contribution in [0.5, 0.6) is 11.5 Å². The number of hydrogen-bond acceptors (Lipinski definition) is 6. The molecule has 4 rings (SSSR count). The van der Waals surface area contributed by atoms with Gasteiger partial charge in [0.2, 0.25) is 5.91 Å². The van der Waals surface area contributed by atoms with Crippen LogP contribution in [-0.2, 0) is 14.8 Å². The predicted molar refractivity (Wildman–Crippen MR) is 163 cm³/mol. The molecule has 0 saturated carbocycles. The molecule has 0 aromatic heterocycles. The van der Waals surface area contributed by atoms with E-state index in [2.05, 4.69) is 20.7 Å². The number of carbonyl (C=O) groups is 2. The maximum atomic E-state index is 13.1. The molecular weight excluding hydrogens is 611 g/mol. The molecule has 1 heterocycles. The van der Waals surface area contributed by atoms with Gasteiger partial charge in [-0.25, -0.2) is 8.42 Å². The van der Waals surface area contributed by atoms with Gasteiger partial charge in [0, 0.05) is 30.1 Å². The van der Waals surface area contributed by atoms with Gasteiger partial charge in [0.05, 0.1) is 15.6 Å². The number of halogens is 3. The fourth-order valence-corrected chi connectivity index (χ4v) is 5.65. The lowest BCUT2D eigenvalue weighted by Crippen LogP contribution is -2.37. The van der Waals surface area contributed by atoms with Crippen LogP contribution >= 0.6 is 35.6 Å². The minimum absolute atomic E-state index is 0. The molecule has 1 saturated heterocycles. The molecule has 0 radical (unpaired) electrons. The lowest BCUT2D eigenvalue weighted by molar-refractivity contribution is -0.121. The first-order valence-corrected chi connectivity index (χ1v) is 15.1. The van der Waals surface area contributed by atoms with E-state index in [0.717, 1.165) is 25.9 Å². The van der Waals surface area contributed by atoms with Crippen LogP contribution in [0.15, 0.2) is 71.6 Å². The number of carbonyl (C=O) groups excluding carboxylic acids is 2. The Balaban J connectivity index is 0.00000462. The van der Waals surface area contributed by atoms with Gasteiger partial charge in [-0.1, -0.05) is 35.3 Å². The van der Waals surface area contributed by atoms with Crippen molar-refractivity contribution in [2.75, 3.05) is 30.9 Å². The Morgan fingerprint density at radius 1 is 0.927 bits per heavy atom. The molecule has 0 atom stereocenters. The number of sulfonamides is 1. The van der Waals surface area contributed by atoms with Gasteiger partial charge in [-0.2, -0.15) is 0 Å². The van der Waals surface area contributed by atoms with E-state index in [-0.39, 0.29) is 58.2 Å². The molecule has 4 N–H and O–H groups in total. The van der Waals surface area contributed by atoms with Gasteiger partial charge < -0.3 is 20.7 Å². The molecule has 2 amide bonds. The summed E-state index contributed by atoms with van der Waals surface area (Å²) in [5.74, 6) is 0.515. The molecule has 1 fully saturated rings. The zero-order chi connectivity index (χ0) is 28.5. The van der Waals surface area contributed by atoms with Gasteiger partial charge in [0.15, 0.2) is 5.75 Å². The number of benzene rings is 3. The molecule has 0 spiro atoms. The second kappa shape index (κ2) is 15.3. The van der Waals surface area contributed by atoms with Crippen molar-refractivity contribution in [3.63, 3.8) is 0 Å². The van der Waals surface area contributed by atoms with Crippen LogP contribution in [0.3, 0.4) is 0 Å². The smallest absolute Gasteiger partial charge is 0.262 e. The Labute approximate surface area is 255 Å². The quantitative estimate of drug-likeness (QED) is 0.227. The van der Waals surface area contributed by atoms with Crippen molar-refractivity contribution in [1.29, 1.82) is 0 Å². The third kappa shape index (κ3) is 9.51. The number of para-hydroxylation sites is 2. The highest BCUT2D eigenvalue weighted by Crippen LogP contribution is 2.35. The Morgan fingerprint density at radius 3 is 2.34 bits per heavy atom. The van der Waals surface area contributed by atoms with Gasteiger partial charge >= 0.3 is 0 Å². The Morgan fingerprint density at radius 2 is 1.63 bits per heavy atom. The first-order chi connectivity index (χ1) is 19.2. The molecule has 1 aliphatic heterocycles. The topological polar surface area (TPSA) is 126 Å². The van der Waals surface area contributed by atoms with Crippen LogP contribution in [0.2, 0.25) is 10.0 Å². The SMILES string of the molecule is Cl.O=C(CCNC(=O)c1ccc(S(=O)(=O)Nc2ccccc2Oc2ccc(Cl)cc2Cl)cc1)NCC1CCNCC1. The Kier molecular flexibility index (Phi) is 12.1. The molecule has 3 aromatic carbocycles. The lowest BCUT2D eigenvalue weighted by atomic mass is 9.98. The summed E-state index contributed by atoms with van der Waals surface area (Å²) in [4.78, 5) is 24.6. The summed E-state index contributed by atoms with van der Waals surface area (Å²) in [6, 6.07) is 16.7. The summed E-state index contributed by atoms with van der Waals surface area (Å²) in [5.41, 5.74) is 0.476. The Bertz CT molecular complexity index is 1450. The average Bonchev–Trinajstić information content (AvgIpc) is 2.95. The number of amides is 2. The minimum Gasteiger partial charge on any atom is -0.454 e. The third-order valence-corrected chi connectivity index (χ3v) is 8.27. The van der Waals surface area contributed by atoms with E-state index < -0.39 is 15.9 Å². The van der Waals surface area contributed by atoms with Gasteiger partial charge in [0.25, 0.3) is 15.9 Å². The molecule has 220 valence electrons. The van der Waals surface area contributed by atoms with Crippen molar-refractivity contribution in [1.82, 2.24) is 16.0 Å². The summed E-state index contributed by atoms with van der Waals surface area (Å²) in [6.07, 6.45) is 2.24. The van der Waals surface area contributed by atoms with Crippen molar-refractivity contribution in [2.45, 2.75) is 24.2 Å². The maximum Gasteiger partial charge on any atom is 0.262 e. The zero-order valence-corrected chi connectivity index (χ0v) is 25.1. The first kappa shape index (κ1) is 32.5. The second-order valence-corrected chi connectivity index (χ2v) is 11.8. The van der Waals surface area contributed by atoms with E-state index in [4.69, 9.17) is 27.9 Å². The normalized spacial score (nSPS) is 13.5. The van der Waals surface area contributed by atoms with Gasteiger partial charge in [-0.05, 0) is 86.4 Å². The highest BCUT2D eigenvalue weighted by Gasteiger charge is 2.19. The van der Waals surface area contributed by atoms with E-state index in [1.54, 1.807) is 36.4 Å². The number of rotatable bonds is 11. The molecule has 1 aliphatic rings. The van der Waals surface area contributed by atoms with E-state index in [1.165, 1.54) is 30.3 Å². The van der Waals surface area contributed by atoms with Crippen molar-refractivity contribution in [3.8, 4) is 11.5 Å². The van der Waals surface area contributed by atoms with Crippen LogP contribution in [0, 0.1) is 5.92 Å². The average molecular weight is 642 g/mol. The summed E-state index contributed by atoms with van der Waals surface area (Å²) in [6.45, 7) is 2.75. The molecule has 9 nitrogen and oxygen atoms in total. The summed E-state index contributed by atoms with van der Waals surface area (Å²) < 4.78 is 34.5. The summed E-state index contributed by atoms with van der Waals surface area (Å²) in [7, 11) is -4.00. The van der Waals surface area contributed by atoms with Crippen molar-refractivity contribution >= 4 is 63.1 Å². The monoisotopic (exact) mass is 640 g/mol. The molecule has 13 heteroatoms. The van der Waals surface area contributed by atoms with E-state index in [1.807, 2.05) is 0 Å². The lowest BCUT2D eigenvalue weighted by Gasteiger charge is -2.22. The third-order valence-electron chi connectivity index (χ3n) is 6.36. The molecule has 3 aromatic rings. The highest BCUT2D eigenvalue weighted by molar-refractivity contribution is 7.92. The fraction of sp³-hybridized carbons (Fsp3) is 0.286. The number of piperidine rings is 1. The number of hydrogen-bond donors (Lipinski definition) is 4. The van der Waals surface area contributed by atoms with Crippen molar-refractivity contribution < 1.29 is 22.7 Å². The molecule has 0 unspecified atom stereocenters. The highest BCUT2D eigenvalue weighted by atomic mass is 35.5. The van der Waals surface area contributed by atoms with Gasteiger partial charge in [0.1, 0.15) is 5.75 Å². The fourth-order valence-electron chi connectivity index (χ4n) is 4.13. The molecular formula is C28H31Cl3N4O5S.